The predicted molar refractivity (Wildman–Crippen MR) is 152 cm³/mol. The maximum atomic E-state index is 11.5. The van der Waals surface area contributed by atoms with Crippen LogP contribution in [0.2, 0.25) is 0 Å². The zero-order chi connectivity index (χ0) is 31.2. The fourth-order valence-corrected chi connectivity index (χ4v) is 2.90. The molecule has 2 N–H and O–H groups in total. The molecule has 0 aliphatic rings. The highest BCUT2D eigenvalue weighted by molar-refractivity contribution is 5.80. The summed E-state index contributed by atoms with van der Waals surface area (Å²) >= 11 is 0. The predicted octanol–water partition coefficient (Wildman–Crippen LogP) is 1.22. The lowest BCUT2D eigenvalue weighted by Gasteiger charge is -2.19. The number of carboxylic acids is 1. The molecule has 248 valence electrons. The second kappa shape index (κ2) is 29.2. The van der Waals surface area contributed by atoms with Crippen molar-refractivity contribution in [1.82, 2.24) is 5.32 Å². The summed E-state index contributed by atoms with van der Waals surface area (Å²) in [5.74, 6) is -1.53. The fourth-order valence-electron chi connectivity index (χ4n) is 2.90. The molecule has 14 nitrogen and oxygen atoms in total. The topological polar surface area (TPSA) is 167 Å². The summed E-state index contributed by atoms with van der Waals surface area (Å²) in [6.07, 6.45) is 0.696. The summed E-state index contributed by atoms with van der Waals surface area (Å²) in [5, 5.41) is 11.2. The summed E-state index contributed by atoms with van der Waals surface area (Å²) in [7, 11) is 0. The van der Waals surface area contributed by atoms with Gasteiger partial charge < -0.3 is 53.1 Å². The van der Waals surface area contributed by atoms with Crippen LogP contribution in [0, 0.1) is 0 Å². The molecule has 0 spiro atoms. The van der Waals surface area contributed by atoms with E-state index in [1.807, 2.05) is 20.8 Å². The summed E-state index contributed by atoms with van der Waals surface area (Å²) < 4.78 is 48.5. The number of aliphatic carboxylic acids is 1. The molecule has 0 aliphatic heterocycles. The Morgan fingerprint density at radius 1 is 0.524 bits per heavy atom. The van der Waals surface area contributed by atoms with E-state index < -0.39 is 11.6 Å². The van der Waals surface area contributed by atoms with Crippen LogP contribution in [0.25, 0.3) is 0 Å². The second-order valence-electron chi connectivity index (χ2n) is 9.83. The zero-order valence-corrected chi connectivity index (χ0v) is 25.7. The number of amides is 1. The molecular weight excluding hydrogens is 558 g/mol. The number of rotatable bonds is 31. The number of nitrogens with one attached hydrogen (secondary N) is 1. The van der Waals surface area contributed by atoms with Crippen LogP contribution in [0.4, 0.5) is 0 Å². The normalized spacial score (nSPS) is 11.5. The Morgan fingerprint density at radius 2 is 0.881 bits per heavy atom. The number of carbonyl (C=O) groups excluding carboxylic acids is 2. The number of carbonyl (C=O) groups is 3. The van der Waals surface area contributed by atoms with Gasteiger partial charge in [-0.15, -0.1) is 0 Å². The van der Waals surface area contributed by atoms with Crippen LogP contribution >= 0.6 is 0 Å². The van der Waals surface area contributed by atoms with Crippen LogP contribution in [0.1, 0.15) is 46.5 Å². The highest BCUT2D eigenvalue weighted by atomic mass is 16.6. The summed E-state index contributed by atoms with van der Waals surface area (Å²) in [4.78, 5) is 33.3. The first-order chi connectivity index (χ1) is 20.2. The highest BCUT2D eigenvalue weighted by Gasteiger charge is 2.15. The molecule has 0 unspecified atom stereocenters. The van der Waals surface area contributed by atoms with Crippen molar-refractivity contribution in [2.24, 2.45) is 0 Å². The molecular formula is C28H53NO13. The number of esters is 1. The van der Waals surface area contributed by atoms with Crippen LogP contribution in [-0.4, -0.2) is 141 Å². The van der Waals surface area contributed by atoms with Gasteiger partial charge in [0.1, 0.15) is 5.60 Å². The first kappa shape index (κ1) is 40.1. The van der Waals surface area contributed by atoms with Crippen molar-refractivity contribution in [3.05, 3.63) is 0 Å². The molecule has 0 fully saturated rings. The van der Waals surface area contributed by atoms with E-state index in [4.69, 9.17) is 47.7 Å². The van der Waals surface area contributed by atoms with Crippen molar-refractivity contribution in [3.63, 3.8) is 0 Å². The zero-order valence-electron chi connectivity index (χ0n) is 25.7. The van der Waals surface area contributed by atoms with Crippen LogP contribution < -0.4 is 5.32 Å². The molecule has 0 aliphatic carbocycles. The molecule has 0 saturated carbocycles. The lowest BCUT2D eigenvalue weighted by atomic mass is 10.2. The van der Waals surface area contributed by atoms with Crippen LogP contribution in [-0.2, 0) is 57.0 Å². The minimum absolute atomic E-state index is 0.0119. The van der Waals surface area contributed by atoms with E-state index in [0.29, 0.717) is 119 Å². The summed E-state index contributed by atoms with van der Waals surface area (Å²) in [6.45, 7) is 13.2. The molecule has 0 saturated heterocycles. The number of carboxylic acid groups (broad SMARTS) is 1. The Labute approximate surface area is 249 Å². The lowest BCUT2D eigenvalue weighted by Crippen LogP contribution is -2.25. The molecule has 0 aromatic rings. The third kappa shape index (κ3) is 34.3. The molecule has 14 heteroatoms. The third-order valence-corrected chi connectivity index (χ3v) is 4.83. The van der Waals surface area contributed by atoms with Crippen molar-refractivity contribution in [1.29, 1.82) is 0 Å². The Hall–Kier alpha value is -1.91. The lowest BCUT2D eigenvalue weighted by molar-refractivity contribution is -0.156. The van der Waals surface area contributed by atoms with Gasteiger partial charge in [0.2, 0.25) is 5.91 Å². The van der Waals surface area contributed by atoms with E-state index in [0.717, 1.165) is 0 Å². The van der Waals surface area contributed by atoms with Crippen molar-refractivity contribution >= 4 is 17.8 Å². The highest BCUT2D eigenvalue weighted by Crippen LogP contribution is 2.08. The number of hydrogen-bond acceptors (Lipinski definition) is 12. The molecule has 0 rings (SSSR count). The minimum atomic E-state index is -0.985. The van der Waals surface area contributed by atoms with Gasteiger partial charge in [0.05, 0.1) is 112 Å². The van der Waals surface area contributed by atoms with E-state index in [9.17, 15) is 14.4 Å². The Bertz CT molecular complexity index is 658. The SMILES string of the molecule is CC(C)(C)OC(=O)CCOCCOCCOCCOCCOCCOCCOCCOCCCNC(=O)CCC(=O)O. The van der Waals surface area contributed by atoms with Crippen molar-refractivity contribution < 1.29 is 62.1 Å². The first-order valence-electron chi connectivity index (χ1n) is 14.5. The van der Waals surface area contributed by atoms with Gasteiger partial charge in [0, 0.05) is 19.6 Å². The molecule has 0 aromatic carbocycles. The molecule has 0 radical (unpaired) electrons. The molecule has 0 atom stereocenters. The molecule has 42 heavy (non-hydrogen) atoms. The summed E-state index contributed by atoms with van der Waals surface area (Å²) in [6, 6.07) is 0. The van der Waals surface area contributed by atoms with Crippen LogP contribution in [0.3, 0.4) is 0 Å². The van der Waals surface area contributed by atoms with E-state index in [1.54, 1.807) is 0 Å². The van der Waals surface area contributed by atoms with E-state index in [2.05, 4.69) is 5.32 Å². The van der Waals surface area contributed by atoms with Gasteiger partial charge in [-0.25, -0.2) is 0 Å². The third-order valence-electron chi connectivity index (χ3n) is 4.83. The molecule has 0 bridgehead atoms. The minimum Gasteiger partial charge on any atom is -0.481 e. The van der Waals surface area contributed by atoms with Gasteiger partial charge in [-0.1, -0.05) is 0 Å². The van der Waals surface area contributed by atoms with Gasteiger partial charge in [-0.05, 0) is 27.2 Å². The molecule has 0 aromatic heterocycles. The average molecular weight is 612 g/mol. The van der Waals surface area contributed by atoms with Gasteiger partial charge in [-0.3, -0.25) is 14.4 Å². The van der Waals surface area contributed by atoms with Crippen LogP contribution in [0.5, 0.6) is 0 Å². The molecule has 1 amide bonds. The van der Waals surface area contributed by atoms with Gasteiger partial charge in [0.25, 0.3) is 0 Å². The molecule has 0 heterocycles. The maximum absolute atomic E-state index is 11.5. The van der Waals surface area contributed by atoms with E-state index in [-0.39, 0.29) is 31.1 Å². The van der Waals surface area contributed by atoms with Gasteiger partial charge in [-0.2, -0.15) is 0 Å². The average Bonchev–Trinajstić information content (AvgIpc) is 2.92. The Balaban J connectivity index is 3.15. The largest absolute Gasteiger partial charge is 0.481 e. The van der Waals surface area contributed by atoms with E-state index in [1.165, 1.54) is 0 Å². The first-order valence-corrected chi connectivity index (χ1v) is 14.5. The monoisotopic (exact) mass is 611 g/mol. The second-order valence-corrected chi connectivity index (χ2v) is 9.83. The van der Waals surface area contributed by atoms with Crippen molar-refractivity contribution in [2.45, 2.75) is 52.1 Å². The number of ether oxygens (including phenoxy) is 9. The number of hydrogen-bond donors (Lipinski definition) is 2. The smallest absolute Gasteiger partial charge is 0.308 e. The fraction of sp³-hybridized carbons (Fsp3) is 0.893. The Morgan fingerprint density at radius 3 is 1.24 bits per heavy atom. The standard InChI is InChI=1S/C28H53NO13/c1-28(2,3)42-27(33)7-10-35-12-14-37-16-18-39-20-22-41-24-23-40-21-19-38-17-15-36-13-11-34-9-4-8-29-25(30)5-6-26(31)32/h4-24H2,1-3H3,(H,29,30)(H,31,32). The van der Waals surface area contributed by atoms with Gasteiger partial charge >= 0.3 is 11.9 Å². The van der Waals surface area contributed by atoms with Gasteiger partial charge in [0.15, 0.2) is 0 Å². The van der Waals surface area contributed by atoms with E-state index >= 15 is 0 Å². The van der Waals surface area contributed by atoms with Crippen LogP contribution in [0.15, 0.2) is 0 Å². The maximum Gasteiger partial charge on any atom is 0.308 e. The van der Waals surface area contributed by atoms with Crippen molar-refractivity contribution in [2.75, 3.05) is 112 Å². The quantitative estimate of drug-likeness (QED) is 0.0849. The summed E-state index contributed by atoms with van der Waals surface area (Å²) in [5.41, 5.74) is -0.479. The Kier molecular flexibility index (Phi) is 27.8. The van der Waals surface area contributed by atoms with Crippen molar-refractivity contribution in [3.8, 4) is 0 Å².